The number of benzene rings is 1. The molecule has 19 heavy (non-hydrogen) atoms. The Bertz CT molecular complexity index is 354. The Balaban J connectivity index is 0.00000324. The molecule has 1 rings (SSSR count). The molecule has 2 N–H and O–H groups in total. The van der Waals surface area contributed by atoms with Crippen LogP contribution in [0.5, 0.6) is 5.75 Å². The fraction of sp³-hybridized carbons (Fsp3) is 0.538. The molecule has 110 valence electrons. The Morgan fingerprint density at radius 2 is 1.74 bits per heavy atom. The Kier molecular flexibility index (Phi) is 7.87. The SMILES string of the molecule is CCCCC[C@@H](N)c1ccc(OC(F)(F)F)cc1.Cl. The summed E-state index contributed by atoms with van der Waals surface area (Å²) in [7, 11) is 0. The lowest BCUT2D eigenvalue weighted by Crippen LogP contribution is -2.17. The molecule has 1 atom stereocenters. The van der Waals surface area contributed by atoms with E-state index < -0.39 is 6.36 Å². The van der Waals surface area contributed by atoms with E-state index in [0.29, 0.717) is 0 Å². The van der Waals surface area contributed by atoms with Gasteiger partial charge in [-0.05, 0) is 24.1 Å². The standard InChI is InChI=1S/C13H18F3NO.ClH/c1-2-3-4-5-12(17)10-6-8-11(9-7-10)18-13(14,15)16;/h6-9,12H,2-5,17H2,1H3;1H/t12-;/m1./s1. The van der Waals surface area contributed by atoms with Crippen molar-refractivity contribution < 1.29 is 17.9 Å². The van der Waals surface area contributed by atoms with Gasteiger partial charge >= 0.3 is 6.36 Å². The van der Waals surface area contributed by atoms with Crippen molar-refractivity contribution >= 4 is 12.4 Å². The first-order valence-electron chi connectivity index (χ1n) is 6.03. The summed E-state index contributed by atoms with van der Waals surface area (Å²) in [6.07, 6.45) is -0.551. The summed E-state index contributed by atoms with van der Waals surface area (Å²) in [5.41, 5.74) is 6.78. The van der Waals surface area contributed by atoms with Crippen LogP contribution in [0.4, 0.5) is 13.2 Å². The van der Waals surface area contributed by atoms with Crippen molar-refractivity contribution in [2.75, 3.05) is 0 Å². The van der Waals surface area contributed by atoms with Crippen LogP contribution < -0.4 is 10.5 Å². The van der Waals surface area contributed by atoms with Crippen molar-refractivity contribution in [1.82, 2.24) is 0 Å². The molecule has 6 heteroatoms. The van der Waals surface area contributed by atoms with E-state index in [9.17, 15) is 13.2 Å². The number of ether oxygens (including phenoxy) is 1. The zero-order chi connectivity index (χ0) is 13.6. The normalized spacial score (nSPS) is 12.7. The second kappa shape index (κ2) is 8.27. The van der Waals surface area contributed by atoms with Crippen molar-refractivity contribution in [3.8, 4) is 5.75 Å². The number of hydrogen-bond acceptors (Lipinski definition) is 2. The summed E-state index contributed by atoms with van der Waals surface area (Å²) in [6, 6.07) is 5.62. The minimum atomic E-state index is -4.65. The van der Waals surface area contributed by atoms with Crippen LogP contribution in [0.2, 0.25) is 0 Å². The first-order chi connectivity index (χ1) is 8.42. The number of alkyl halides is 3. The zero-order valence-corrected chi connectivity index (χ0v) is 11.6. The van der Waals surface area contributed by atoms with E-state index in [1.54, 1.807) is 12.1 Å². The minimum absolute atomic E-state index is 0. The predicted octanol–water partition coefficient (Wildman–Crippen LogP) is 4.59. The molecule has 0 aromatic heterocycles. The maximum Gasteiger partial charge on any atom is 0.573 e. The van der Waals surface area contributed by atoms with Gasteiger partial charge in [-0.15, -0.1) is 25.6 Å². The van der Waals surface area contributed by atoms with Crippen molar-refractivity contribution in [1.29, 1.82) is 0 Å². The van der Waals surface area contributed by atoms with Gasteiger partial charge in [0.15, 0.2) is 0 Å². The van der Waals surface area contributed by atoms with E-state index in [-0.39, 0.29) is 24.2 Å². The molecule has 0 radical (unpaired) electrons. The predicted molar refractivity (Wildman–Crippen MR) is 71.4 cm³/mol. The van der Waals surface area contributed by atoms with Gasteiger partial charge in [-0.25, -0.2) is 0 Å². The molecule has 1 aromatic rings. The number of nitrogens with two attached hydrogens (primary N) is 1. The third kappa shape index (κ3) is 7.28. The van der Waals surface area contributed by atoms with Crippen LogP contribution in [-0.4, -0.2) is 6.36 Å². The maximum absolute atomic E-state index is 12.0. The summed E-state index contributed by atoms with van der Waals surface area (Å²) in [5, 5.41) is 0. The monoisotopic (exact) mass is 297 g/mol. The van der Waals surface area contributed by atoms with Crippen LogP contribution in [0.1, 0.15) is 44.2 Å². The topological polar surface area (TPSA) is 35.2 Å². The zero-order valence-electron chi connectivity index (χ0n) is 10.7. The molecule has 0 unspecified atom stereocenters. The molecular weight excluding hydrogens is 279 g/mol. The largest absolute Gasteiger partial charge is 0.573 e. The van der Waals surface area contributed by atoms with E-state index in [1.807, 2.05) is 0 Å². The molecule has 0 aliphatic rings. The number of halogens is 4. The summed E-state index contributed by atoms with van der Waals surface area (Å²) < 4.78 is 39.7. The molecule has 0 aliphatic carbocycles. The molecule has 1 aromatic carbocycles. The average molecular weight is 298 g/mol. The van der Waals surface area contributed by atoms with Gasteiger partial charge < -0.3 is 10.5 Å². The Morgan fingerprint density at radius 3 is 2.21 bits per heavy atom. The summed E-state index contributed by atoms with van der Waals surface area (Å²) >= 11 is 0. The lowest BCUT2D eigenvalue weighted by atomic mass is 10.0. The quantitative estimate of drug-likeness (QED) is 0.780. The summed E-state index contributed by atoms with van der Waals surface area (Å²) in [6.45, 7) is 2.11. The van der Waals surface area contributed by atoms with Gasteiger partial charge in [0.05, 0.1) is 0 Å². The molecule has 0 saturated carbocycles. The Hall–Kier alpha value is -0.940. The van der Waals surface area contributed by atoms with Gasteiger partial charge in [0.25, 0.3) is 0 Å². The smallest absolute Gasteiger partial charge is 0.406 e. The van der Waals surface area contributed by atoms with Crippen LogP contribution in [-0.2, 0) is 0 Å². The Labute approximate surface area is 117 Å². The molecule has 0 amide bonds. The van der Waals surface area contributed by atoms with Crippen molar-refractivity contribution in [3.05, 3.63) is 29.8 Å². The molecule has 0 spiro atoms. The highest BCUT2D eigenvalue weighted by molar-refractivity contribution is 5.85. The van der Waals surface area contributed by atoms with E-state index in [1.165, 1.54) is 12.1 Å². The highest BCUT2D eigenvalue weighted by Crippen LogP contribution is 2.25. The number of unbranched alkanes of at least 4 members (excludes halogenated alkanes) is 2. The first-order valence-corrected chi connectivity index (χ1v) is 6.03. The van der Waals surface area contributed by atoms with Gasteiger partial charge in [-0.3, -0.25) is 0 Å². The van der Waals surface area contributed by atoms with Crippen LogP contribution in [0, 0.1) is 0 Å². The summed E-state index contributed by atoms with van der Waals surface area (Å²) in [5.74, 6) is -0.216. The molecule has 0 bridgehead atoms. The van der Waals surface area contributed by atoms with Crippen LogP contribution >= 0.6 is 12.4 Å². The minimum Gasteiger partial charge on any atom is -0.406 e. The molecule has 2 nitrogen and oxygen atoms in total. The van der Waals surface area contributed by atoms with Gasteiger partial charge in [-0.1, -0.05) is 38.3 Å². The van der Waals surface area contributed by atoms with Crippen LogP contribution in [0.15, 0.2) is 24.3 Å². The van der Waals surface area contributed by atoms with Gasteiger partial charge in [-0.2, -0.15) is 0 Å². The fourth-order valence-electron chi connectivity index (χ4n) is 1.70. The fourth-order valence-corrected chi connectivity index (χ4v) is 1.70. The van der Waals surface area contributed by atoms with Gasteiger partial charge in [0, 0.05) is 6.04 Å². The molecule has 0 aliphatic heterocycles. The second-order valence-corrected chi connectivity index (χ2v) is 4.22. The van der Waals surface area contributed by atoms with E-state index in [2.05, 4.69) is 11.7 Å². The highest BCUT2D eigenvalue weighted by Gasteiger charge is 2.30. The Morgan fingerprint density at radius 1 is 1.16 bits per heavy atom. The molecular formula is C13H19ClF3NO. The van der Waals surface area contributed by atoms with E-state index >= 15 is 0 Å². The number of rotatable bonds is 6. The first kappa shape index (κ1) is 18.1. The number of hydrogen-bond donors (Lipinski definition) is 1. The average Bonchev–Trinajstić information content (AvgIpc) is 2.28. The maximum atomic E-state index is 12.0. The lowest BCUT2D eigenvalue weighted by Gasteiger charge is -2.13. The van der Waals surface area contributed by atoms with E-state index in [0.717, 1.165) is 31.2 Å². The highest BCUT2D eigenvalue weighted by atomic mass is 35.5. The molecule has 0 fully saturated rings. The second-order valence-electron chi connectivity index (χ2n) is 4.22. The third-order valence-electron chi connectivity index (χ3n) is 2.66. The lowest BCUT2D eigenvalue weighted by molar-refractivity contribution is -0.274. The molecule has 0 saturated heterocycles. The van der Waals surface area contributed by atoms with Crippen LogP contribution in [0.25, 0.3) is 0 Å². The van der Waals surface area contributed by atoms with Gasteiger partial charge in [0.2, 0.25) is 0 Å². The van der Waals surface area contributed by atoms with Crippen LogP contribution in [0.3, 0.4) is 0 Å². The molecule has 0 heterocycles. The van der Waals surface area contributed by atoms with Gasteiger partial charge in [0.1, 0.15) is 5.75 Å². The van der Waals surface area contributed by atoms with Crippen molar-refractivity contribution in [2.45, 2.75) is 45.0 Å². The summed E-state index contributed by atoms with van der Waals surface area (Å²) in [4.78, 5) is 0. The van der Waals surface area contributed by atoms with E-state index in [4.69, 9.17) is 5.73 Å². The van der Waals surface area contributed by atoms with Crippen molar-refractivity contribution in [3.63, 3.8) is 0 Å². The van der Waals surface area contributed by atoms with Crippen molar-refractivity contribution in [2.24, 2.45) is 5.73 Å². The third-order valence-corrected chi connectivity index (χ3v) is 2.66.